The van der Waals surface area contributed by atoms with Crippen LogP contribution in [0.15, 0.2) is 78.9 Å². The molecular weight excluding hydrogens is 598 g/mol. The van der Waals surface area contributed by atoms with Crippen molar-refractivity contribution in [3.05, 3.63) is 95.6 Å². The molecule has 11 nitrogen and oxygen atoms in total. The van der Waals surface area contributed by atoms with E-state index in [0.29, 0.717) is 5.56 Å². The number of nitrogens with zero attached hydrogens (tertiary/aromatic N) is 2. The minimum atomic E-state index is -1.05. The van der Waals surface area contributed by atoms with Crippen LogP contribution in [0.25, 0.3) is 0 Å². The van der Waals surface area contributed by atoms with Crippen LogP contribution in [0.3, 0.4) is 0 Å². The van der Waals surface area contributed by atoms with E-state index in [9.17, 15) is 29.1 Å². The van der Waals surface area contributed by atoms with E-state index in [-0.39, 0.29) is 42.2 Å². The molecule has 1 aliphatic heterocycles. The van der Waals surface area contributed by atoms with E-state index < -0.39 is 53.7 Å². The van der Waals surface area contributed by atoms with Gasteiger partial charge in [-0.25, -0.2) is 0 Å². The number of hydrogen-bond donors (Lipinski definition) is 4. The second kappa shape index (κ2) is 15.4. The van der Waals surface area contributed by atoms with Gasteiger partial charge in [-0.1, -0.05) is 68.4 Å². The number of carbonyl (C=O) groups is 5. The Kier molecular flexibility index (Phi) is 11.4. The van der Waals surface area contributed by atoms with Crippen molar-refractivity contribution in [1.29, 1.82) is 0 Å². The van der Waals surface area contributed by atoms with Gasteiger partial charge in [0, 0.05) is 26.9 Å². The molecule has 0 spiro atoms. The van der Waals surface area contributed by atoms with Crippen LogP contribution in [-0.4, -0.2) is 82.7 Å². The molecule has 0 unspecified atom stereocenters. The fourth-order valence-corrected chi connectivity index (χ4v) is 5.67. The van der Waals surface area contributed by atoms with Crippen LogP contribution in [0, 0.1) is 5.92 Å². The highest BCUT2D eigenvalue weighted by Crippen LogP contribution is 2.21. The van der Waals surface area contributed by atoms with Crippen molar-refractivity contribution in [2.75, 3.05) is 19.4 Å². The van der Waals surface area contributed by atoms with Crippen molar-refractivity contribution in [3.8, 4) is 5.75 Å². The molecule has 4 N–H and O–H groups in total. The van der Waals surface area contributed by atoms with E-state index in [1.54, 1.807) is 30.3 Å². The molecule has 4 rings (SSSR count). The van der Waals surface area contributed by atoms with Gasteiger partial charge < -0.3 is 30.9 Å². The number of fused-ring (bicyclic) bond motifs is 1. The highest BCUT2D eigenvalue weighted by molar-refractivity contribution is 6.07. The largest absolute Gasteiger partial charge is 0.508 e. The summed E-state index contributed by atoms with van der Waals surface area (Å²) >= 11 is 0. The Morgan fingerprint density at radius 3 is 1.89 bits per heavy atom. The van der Waals surface area contributed by atoms with E-state index in [4.69, 9.17) is 0 Å². The third-order valence-corrected chi connectivity index (χ3v) is 8.34. The molecule has 0 saturated carbocycles. The highest BCUT2D eigenvalue weighted by Gasteiger charge is 2.37. The highest BCUT2D eigenvalue weighted by atomic mass is 16.3. The second-order valence-corrected chi connectivity index (χ2v) is 12.4. The Balaban J connectivity index is 1.81. The number of anilines is 1. The molecule has 0 aromatic heterocycles. The predicted octanol–water partition coefficient (Wildman–Crippen LogP) is 3.13. The lowest BCUT2D eigenvalue weighted by Gasteiger charge is -2.34. The van der Waals surface area contributed by atoms with Crippen molar-refractivity contribution < 1.29 is 29.1 Å². The zero-order valence-electron chi connectivity index (χ0n) is 27.4. The van der Waals surface area contributed by atoms with E-state index in [2.05, 4.69) is 16.0 Å². The fourth-order valence-electron chi connectivity index (χ4n) is 5.67. The predicted molar refractivity (Wildman–Crippen MR) is 178 cm³/mol. The number of phenolic OH excluding ortho intramolecular Hbond substituents is 1. The summed E-state index contributed by atoms with van der Waals surface area (Å²) in [5.74, 6) is -2.60. The van der Waals surface area contributed by atoms with Crippen LogP contribution in [0.2, 0.25) is 0 Å². The van der Waals surface area contributed by atoms with Gasteiger partial charge in [0.25, 0.3) is 5.91 Å². The molecule has 0 aliphatic carbocycles. The number of para-hydroxylation sites is 1. The summed E-state index contributed by atoms with van der Waals surface area (Å²) in [6, 6.07) is 17.9. The minimum Gasteiger partial charge on any atom is -0.508 e. The van der Waals surface area contributed by atoms with Crippen LogP contribution in [0.5, 0.6) is 5.75 Å². The maximum absolute atomic E-state index is 14.2. The Hall–Kier alpha value is -5.19. The third kappa shape index (κ3) is 8.75. The molecule has 4 atom stereocenters. The lowest BCUT2D eigenvalue weighted by molar-refractivity contribution is -0.143. The number of amides is 5. The maximum atomic E-state index is 14.2. The van der Waals surface area contributed by atoms with Crippen LogP contribution >= 0.6 is 0 Å². The molecular formula is C36H43N5O6. The van der Waals surface area contributed by atoms with Crippen molar-refractivity contribution in [2.24, 2.45) is 5.92 Å². The van der Waals surface area contributed by atoms with Gasteiger partial charge in [-0.2, -0.15) is 0 Å². The molecule has 3 aromatic carbocycles. The third-order valence-electron chi connectivity index (χ3n) is 8.34. The summed E-state index contributed by atoms with van der Waals surface area (Å²) < 4.78 is 0. The van der Waals surface area contributed by atoms with Crippen molar-refractivity contribution >= 4 is 35.2 Å². The molecule has 1 heterocycles. The topological polar surface area (TPSA) is 148 Å². The molecule has 5 amide bonds. The van der Waals surface area contributed by atoms with Gasteiger partial charge >= 0.3 is 0 Å². The Morgan fingerprint density at radius 1 is 0.702 bits per heavy atom. The summed E-state index contributed by atoms with van der Waals surface area (Å²) in [4.78, 5) is 72.0. The van der Waals surface area contributed by atoms with Crippen molar-refractivity contribution in [1.82, 2.24) is 20.4 Å². The van der Waals surface area contributed by atoms with E-state index in [1.807, 2.05) is 44.2 Å². The number of aromatic hydroxyl groups is 1. The average Bonchev–Trinajstić information content (AvgIpc) is 3.05. The van der Waals surface area contributed by atoms with Gasteiger partial charge in [0.2, 0.25) is 23.6 Å². The lowest BCUT2D eigenvalue weighted by atomic mass is 9.98. The monoisotopic (exact) mass is 641 g/mol. The molecule has 3 aromatic rings. The first-order chi connectivity index (χ1) is 22.3. The first kappa shape index (κ1) is 34.7. The number of benzene rings is 3. The number of hydrogen-bond acceptors (Lipinski definition) is 6. The van der Waals surface area contributed by atoms with Gasteiger partial charge in [0.1, 0.15) is 29.9 Å². The van der Waals surface area contributed by atoms with Gasteiger partial charge in [-0.05, 0) is 54.7 Å². The average molecular weight is 642 g/mol. The number of carbonyl (C=O) groups excluding carboxylic acids is 5. The Bertz CT molecular complexity index is 1590. The zero-order valence-corrected chi connectivity index (χ0v) is 27.4. The molecule has 0 radical (unpaired) electrons. The number of nitrogens with one attached hydrogen (secondary N) is 3. The van der Waals surface area contributed by atoms with Crippen LogP contribution in [0.4, 0.5) is 5.69 Å². The van der Waals surface area contributed by atoms with Gasteiger partial charge in [-0.3, -0.25) is 24.0 Å². The fraction of sp³-hybridized carbons (Fsp3) is 0.361. The normalized spacial score (nSPS) is 21.6. The molecule has 0 fully saturated rings. The molecule has 1 aliphatic rings. The summed E-state index contributed by atoms with van der Waals surface area (Å²) in [6.07, 6.45) is 0.548. The summed E-state index contributed by atoms with van der Waals surface area (Å²) in [5, 5.41) is 18.2. The molecule has 47 heavy (non-hydrogen) atoms. The van der Waals surface area contributed by atoms with Gasteiger partial charge in [0.15, 0.2) is 0 Å². The summed E-state index contributed by atoms with van der Waals surface area (Å²) in [6.45, 7) is 5.39. The SMILES string of the molecule is CC(C)C[C@@H]1NC(=O)[C@H](Cc2ccccc2)N(C)C(=O)[C@@H](C)NC(=O)c2ccccc2NC(=O)[C@H](Cc2ccc(O)cc2)N(C)C1=O. The Labute approximate surface area is 275 Å². The molecule has 0 saturated heterocycles. The summed E-state index contributed by atoms with van der Waals surface area (Å²) in [7, 11) is 3.02. The summed E-state index contributed by atoms with van der Waals surface area (Å²) in [5.41, 5.74) is 1.83. The molecule has 248 valence electrons. The second-order valence-electron chi connectivity index (χ2n) is 12.4. The standard InChI is InChI=1S/C36H43N5O6/c1-22(2)19-29-36(47)41(5)31(21-25-15-17-26(42)18-16-25)33(44)38-28-14-10-9-13-27(28)32(43)37-23(3)35(46)40(4)30(34(45)39-29)20-24-11-7-6-8-12-24/h6-18,22-23,29-31,42H,19-21H2,1-5H3,(H,37,43)(H,38,44)(H,39,45)/t23-,29+,30+,31+/m1/s1. The quantitative estimate of drug-likeness (QED) is 0.325. The smallest absolute Gasteiger partial charge is 0.254 e. The Morgan fingerprint density at radius 2 is 1.26 bits per heavy atom. The van der Waals surface area contributed by atoms with E-state index >= 15 is 0 Å². The minimum absolute atomic E-state index is 0.00154. The van der Waals surface area contributed by atoms with Crippen LogP contribution in [-0.2, 0) is 32.0 Å². The molecule has 11 heteroatoms. The molecule has 0 bridgehead atoms. The maximum Gasteiger partial charge on any atom is 0.254 e. The van der Waals surface area contributed by atoms with Crippen LogP contribution < -0.4 is 16.0 Å². The van der Waals surface area contributed by atoms with E-state index in [1.165, 1.54) is 49.0 Å². The van der Waals surface area contributed by atoms with Crippen molar-refractivity contribution in [2.45, 2.75) is 64.2 Å². The lowest BCUT2D eigenvalue weighted by Crippen LogP contribution is -2.59. The first-order valence-corrected chi connectivity index (χ1v) is 15.7. The number of likely N-dealkylation sites (N-methyl/N-ethyl adjacent to an activating group) is 2. The van der Waals surface area contributed by atoms with Crippen molar-refractivity contribution in [3.63, 3.8) is 0 Å². The van der Waals surface area contributed by atoms with Gasteiger partial charge in [0.05, 0.1) is 11.3 Å². The van der Waals surface area contributed by atoms with Crippen LogP contribution in [0.1, 0.15) is 48.7 Å². The number of rotatable bonds is 6. The first-order valence-electron chi connectivity index (χ1n) is 15.7. The van der Waals surface area contributed by atoms with E-state index in [0.717, 1.165) is 5.56 Å². The van der Waals surface area contributed by atoms with Gasteiger partial charge in [-0.15, -0.1) is 0 Å². The number of phenols is 1. The zero-order chi connectivity index (χ0) is 34.2.